The van der Waals surface area contributed by atoms with Crippen molar-refractivity contribution in [1.82, 2.24) is 18.7 Å². The Bertz CT molecular complexity index is 1040. The van der Waals surface area contributed by atoms with Gasteiger partial charge in [0, 0.05) is 14.1 Å². The summed E-state index contributed by atoms with van der Waals surface area (Å²) in [6, 6.07) is 6.29. The number of nitrogens with zero attached hydrogens (tertiary/aromatic N) is 4. The monoisotopic (exact) mass is 314 g/mol. The van der Waals surface area contributed by atoms with Gasteiger partial charge in [0.05, 0.1) is 18.4 Å². The first-order valence-electron chi connectivity index (χ1n) is 6.84. The standard InChI is InChI=1S/C15H14N4O4/c1-17-8-16-12-11(17)13(20)19(15(23)18(12)2)7-9-5-3-4-6-10(9)14(21)22/h3-6,8H,7H2,1-2H3,(H,21,22). The van der Waals surface area contributed by atoms with Crippen molar-refractivity contribution in [3.8, 4) is 0 Å². The first-order chi connectivity index (χ1) is 10.9. The zero-order valence-electron chi connectivity index (χ0n) is 12.6. The molecule has 0 saturated heterocycles. The van der Waals surface area contributed by atoms with Crippen LogP contribution < -0.4 is 11.2 Å². The van der Waals surface area contributed by atoms with Crippen molar-refractivity contribution in [3.05, 3.63) is 62.6 Å². The fourth-order valence-electron chi connectivity index (χ4n) is 2.57. The van der Waals surface area contributed by atoms with E-state index in [1.54, 1.807) is 25.2 Å². The molecule has 8 heteroatoms. The highest BCUT2D eigenvalue weighted by molar-refractivity contribution is 5.89. The van der Waals surface area contributed by atoms with Crippen LogP contribution in [0.5, 0.6) is 0 Å². The molecule has 0 saturated carbocycles. The molecule has 118 valence electrons. The molecule has 2 heterocycles. The van der Waals surface area contributed by atoms with Crippen LogP contribution >= 0.6 is 0 Å². The van der Waals surface area contributed by atoms with Gasteiger partial charge < -0.3 is 9.67 Å². The first kappa shape index (κ1) is 14.8. The number of carbonyl (C=O) groups is 1. The van der Waals surface area contributed by atoms with Gasteiger partial charge in [-0.25, -0.2) is 14.6 Å². The van der Waals surface area contributed by atoms with Gasteiger partial charge in [-0.2, -0.15) is 0 Å². The van der Waals surface area contributed by atoms with E-state index < -0.39 is 17.2 Å². The molecule has 0 atom stereocenters. The summed E-state index contributed by atoms with van der Waals surface area (Å²) in [5, 5.41) is 9.23. The first-order valence-corrected chi connectivity index (χ1v) is 6.84. The van der Waals surface area contributed by atoms with E-state index in [0.717, 1.165) is 4.57 Å². The summed E-state index contributed by atoms with van der Waals surface area (Å²) in [7, 11) is 3.19. The molecule has 0 bridgehead atoms. The third-order valence-electron chi connectivity index (χ3n) is 3.78. The summed E-state index contributed by atoms with van der Waals surface area (Å²) in [6.07, 6.45) is 1.46. The minimum Gasteiger partial charge on any atom is -0.478 e. The molecule has 0 radical (unpaired) electrons. The molecule has 1 N–H and O–H groups in total. The number of imidazole rings is 1. The number of aromatic nitrogens is 4. The fourth-order valence-corrected chi connectivity index (χ4v) is 2.57. The van der Waals surface area contributed by atoms with Crippen molar-refractivity contribution in [2.75, 3.05) is 0 Å². The van der Waals surface area contributed by atoms with Gasteiger partial charge in [-0.05, 0) is 11.6 Å². The molecule has 3 rings (SSSR count). The lowest BCUT2D eigenvalue weighted by atomic mass is 10.1. The minimum absolute atomic E-state index is 0.0616. The van der Waals surface area contributed by atoms with Gasteiger partial charge in [0.1, 0.15) is 0 Å². The molecule has 0 fully saturated rings. The van der Waals surface area contributed by atoms with Crippen LogP contribution in [0.1, 0.15) is 15.9 Å². The lowest BCUT2D eigenvalue weighted by Gasteiger charge is -2.10. The van der Waals surface area contributed by atoms with Gasteiger partial charge in [0.2, 0.25) is 0 Å². The van der Waals surface area contributed by atoms with Gasteiger partial charge in [0.25, 0.3) is 5.56 Å². The third-order valence-corrected chi connectivity index (χ3v) is 3.78. The largest absolute Gasteiger partial charge is 0.478 e. The van der Waals surface area contributed by atoms with Gasteiger partial charge in [-0.3, -0.25) is 13.9 Å². The van der Waals surface area contributed by atoms with Crippen molar-refractivity contribution in [2.45, 2.75) is 6.54 Å². The van der Waals surface area contributed by atoms with Crippen LogP contribution in [0.2, 0.25) is 0 Å². The molecule has 0 amide bonds. The Balaban J connectivity index is 2.26. The summed E-state index contributed by atoms with van der Waals surface area (Å²) in [4.78, 5) is 40.4. The zero-order chi connectivity index (χ0) is 16.7. The maximum Gasteiger partial charge on any atom is 0.336 e. The van der Waals surface area contributed by atoms with Crippen LogP contribution in [-0.4, -0.2) is 29.8 Å². The summed E-state index contributed by atoms with van der Waals surface area (Å²) in [5.41, 5.74) is 0.00198. The lowest BCUT2D eigenvalue weighted by molar-refractivity contribution is 0.0695. The second-order valence-corrected chi connectivity index (χ2v) is 5.22. The maximum atomic E-state index is 12.6. The Hall–Kier alpha value is -3.16. The van der Waals surface area contributed by atoms with Crippen molar-refractivity contribution < 1.29 is 9.90 Å². The number of rotatable bonds is 3. The van der Waals surface area contributed by atoms with Gasteiger partial charge in [0.15, 0.2) is 11.2 Å². The molecule has 0 aliphatic heterocycles. The smallest absolute Gasteiger partial charge is 0.336 e. The van der Waals surface area contributed by atoms with E-state index in [1.165, 1.54) is 28.6 Å². The van der Waals surface area contributed by atoms with Gasteiger partial charge in [-0.15, -0.1) is 0 Å². The Labute approximate surface area is 129 Å². The average molecular weight is 314 g/mol. The molecule has 1 aromatic carbocycles. The van der Waals surface area contributed by atoms with Crippen LogP contribution in [0.15, 0.2) is 40.2 Å². The van der Waals surface area contributed by atoms with E-state index in [2.05, 4.69) is 4.98 Å². The minimum atomic E-state index is -1.10. The molecule has 2 aromatic heterocycles. The molecule has 0 unspecified atom stereocenters. The Morgan fingerprint density at radius 2 is 1.91 bits per heavy atom. The Morgan fingerprint density at radius 3 is 2.61 bits per heavy atom. The van der Waals surface area contributed by atoms with Crippen molar-refractivity contribution in [1.29, 1.82) is 0 Å². The van der Waals surface area contributed by atoms with E-state index in [1.807, 2.05) is 0 Å². The molecule has 3 aromatic rings. The van der Waals surface area contributed by atoms with Gasteiger partial charge >= 0.3 is 11.7 Å². The van der Waals surface area contributed by atoms with Gasteiger partial charge in [-0.1, -0.05) is 18.2 Å². The zero-order valence-corrected chi connectivity index (χ0v) is 12.6. The lowest BCUT2D eigenvalue weighted by Crippen LogP contribution is -2.40. The highest BCUT2D eigenvalue weighted by Crippen LogP contribution is 2.10. The summed E-state index contributed by atoms with van der Waals surface area (Å²) in [5.74, 6) is -1.10. The molecule has 23 heavy (non-hydrogen) atoms. The molecular weight excluding hydrogens is 300 g/mol. The number of aromatic carboxylic acids is 1. The number of benzene rings is 1. The third kappa shape index (κ3) is 2.24. The second-order valence-electron chi connectivity index (χ2n) is 5.22. The average Bonchev–Trinajstić information content (AvgIpc) is 2.91. The number of aryl methyl sites for hydroxylation is 2. The van der Waals surface area contributed by atoms with Crippen molar-refractivity contribution in [3.63, 3.8) is 0 Å². The molecule has 0 aliphatic rings. The summed E-state index contributed by atoms with van der Waals surface area (Å²) in [6.45, 7) is -0.116. The highest BCUT2D eigenvalue weighted by Gasteiger charge is 2.17. The number of fused-ring (bicyclic) bond motifs is 1. The normalized spacial score (nSPS) is 11.0. The van der Waals surface area contributed by atoms with Crippen molar-refractivity contribution in [2.24, 2.45) is 14.1 Å². The number of hydrogen-bond acceptors (Lipinski definition) is 4. The molecule has 0 spiro atoms. The van der Waals surface area contributed by atoms with Crippen molar-refractivity contribution >= 4 is 17.1 Å². The topological polar surface area (TPSA) is 99.1 Å². The van der Waals surface area contributed by atoms with Crippen LogP contribution in [0, 0.1) is 0 Å². The van der Waals surface area contributed by atoms with Crippen LogP contribution in [0.25, 0.3) is 11.2 Å². The molecule has 0 aliphatic carbocycles. The number of carboxylic acids is 1. The van der Waals surface area contributed by atoms with E-state index in [-0.39, 0.29) is 12.1 Å². The van der Waals surface area contributed by atoms with Crippen LogP contribution in [0.4, 0.5) is 0 Å². The van der Waals surface area contributed by atoms with Crippen LogP contribution in [-0.2, 0) is 20.6 Å². The molecular formula is C15H14N4O4. The maximum absolute atomic E-state index is 12.6. The second kappa shape index (κ2) is 5.24. The fraction of sp³-hybridized carbons (Fsp3) is 0.200. The van der Waals surface area contributed by atoms with E-state index in [9.17, 15) is 19.5 Å². The number of hydrogen-bond donors (Lipinski definition) is 1. The van der Waals surface area contributed by atoms with E-state index in [4.69, 9.17) is 0 Å². The molecule has 8 nitrogen and oxygen atoms in total. The highest BCUT2D eigenvalue weighted by atomic mass is 16.4. The van der Waals surface area contributed by atoms with Crippen LogP contribution in [0.3, 0.4) is 0 Å². The Morgan fingerprint density at radius 1 is 1.22 bits per heavy atom. The Kier molecular flexibility index (Phi) is 3.36. The quantitative estimate of drug-likeness (QED) is 0.743. The predicted molar refractivity (Wildman–Crippen MR) is 82.7 cm³/mol. The summed E-state index contributed by atoms with van der Waals surface area (Å²) < 4.78 is 3.84. The predicted octanol–water partition coefficient (Wildman–Crippen LogP) is 0.180. The SMILES string of the molecule is Cn1cnc2c1c(=O)n(Cc1ccccc1C(=O)O)c(=O)n2C. The van der Waals surface area contributed by atoms with E-state index >= 15 is 0 Å². The number of carboxylic acid groups (broad SMARTS) is 1. The summed E-state index contributed by atoms with van der Waals surface area (Å²) >= 11 is 0. The van der Waals surface area contributed by atoms with E-state index in [0.29, 0.717) is 16.7 Å².